The van der Waals surface area contributed by atoms with Crippen molar-refractivity contribution in [2.75, 3.05) is 20.1 Å². The van der Waals surface area contributed by atoms with Gasteiger partial charge < -0.3 is 15.0 Å². The second-order valence-electron chi connectivity index (χ2n) is 6.98. The maximum absolute atomic E-state index is 4.61. The second-order valence-corrected chi connectivity index (χ2v) is 7.89. The molecule has 2 N–H and O–H groups in total. The number of fused-ring (bicyclic) bond motifs is 1. The van der Waals surface area contributed by atoms with Gasteiger partial charge in [0.25, 0.3) is 0 Å². The number of nitrogens with one attached hydrogen (secondary N) is 2. The van der Waals surface area contributed by atoms with Gasteiger partial charge in [0, 0.05) is 49.1 Å². The van der Waals surface area contributed by atoms with Crippen molar-refractivity contribution in [3.63, 3.8) is 0 Å². The number of rotatable bonds is 8. The van der Waals surface area contributed by atoms with Crippen LogP contribution in [-0.4, -0.2) is 52.5 Å². The van der Waals surface area contributed by atoms with Crippen LogP contribution < -0.4 is 10.6 Å². The van der Waals surface area contributed by atoms with Gasteiger partial charge in [-0.25, -0.2) is 4.98 Å². The predicted molar refractivity (Wildman–Crippen MR) is 113 cm³/mol. The number of hydrogen-bond donors (Lipinski definition) is 2. The summed E-state index contributed by atoms with van der Waals surface area (Å²) in [4.78, 5) is 11.4. The Morgan fingerprint density at radius 1 is 1.19 bits per heavy atom. The highest BCUT2D eigenvalue weighted by Crippen LogP contribution is 2.12. The molecule has 0 aliphatic carbocycles. The summed E-state index contributed by atoms with van der Waals surface area (Å²) in [6.07, 6.45) is 5.12. The Kier molecular flexibility index (Phi) is 7.90. The molecule has 0 bridgehead atoms. The largest absolute Gasteiger partial charge is 0.356 e. The zero-order chi connectivity index (χ0) is 19.1. The van der Waals surface area contributed by atoms with E-state index in [-0.39, 0.29) is 0 Å². The van der Waals surface area contributed by atoms with Crippen LogP contribution in [-0.2, 0) is 6.54 Å². The Labute approximate surface area is 165 Å². The standard InChI is InChI=1S/C19H31BrN6/c1-14(2)26(15(3)4)10-6-9-22-19(21-5)23-11-17-13-25-12-16(20)7-8-18(25)24-17/h7-8,12-15H,6,9-11H2,1-5H3,(H2,21,22,23). The lowest BCUT2D eigenvalue weighted by Crippen LogP contribution is -2.41. The van der Waals surface area contributed by atoms with E-state index < -0.39 is 0 Å². The molecular weight excluding hydrogens is 392 g/mol. The minimum Gasteiger partial charge on any atom is -0.356 e. The minimum atomic E-state index is 0.572. The van der Waals surface area contributed by atoms with Gasteiger partial charge in [-0.3, -0.25) is 9.89 Å². The molecule has 0 fully saturated rings. The van der Waals surface area contributed by atoms with Crippen molar-refractivity contribution >= 4 is 27.5 Å². The van der Waals surface area contributed by atoms with Crippen LogP contribution >= 0.6 is 15.9 Å². The summed E-state index contributed by atoms with van der Waals surface area (Å²) in [6, 6.07) is 5.14. The van der Waals surface area contributed by atoms with Gasteiger partial charge in [-0.2, -0.15) is 0 Å². The molecule has 0 atom stereocenters. The van der Waals surface area contributed by atoms with Gasteiger partial charge in [0.2, 0.25) is 0 Å². The van der Waals surface area contributed by atoms with Crippen LogP contribution in [0.5, 0.6) is 0 Å². The van der Waals surface area contributed by atoms with Crippen LogP contribution in [0, 0.1) is 0 Å². The molecule has 0 saturated heterocycles. The lowest BCUT2D eigenvalue weighted by molar-refractivity contribution is 0.173. The molecule has 0 saturated carbocycles. The Balaban J connectivity index is 1.78. The first-order valence-corrected chi connectivity index (χ1v) is 10.0. The Bertz CT molecular complexity index is 714. The van der Waals surface area contributed by atoms with Crippen molar-refractivity contribution in [3.8, 4) is 0 Å². The number of imidazole rings is 1. The molecule has 0 aromatic carbocycles. The lowest BCUT2D eigenvalue weighted by atomic mass is 10.2. The van der Waals surface area contributed by atoms with Crippen molar-refractivity contribution in [1.82, 2.24) is 24.9 Å². The van der Waals surface area contributed by atoms with E-state index in [0.29, 0.717) is 18.6 Å². The normalized spacial score (nSPS) is 12.6. The van der Waals surface area contributed by atoms with E-state index in [2.05, 4.69) is 69.1 Å². The van der Waals surface area contributed by atoms with Crippen molar-refractivity contribution in [3.05, 3.63) is 34.7 Å². The molecular formula is C19H31BrN6. The summed E-state index contributed by atoms with van der Waals surface area (Å²) in [7, 11) is 1.80. The van der Waals surface area contributed by atoms with E-state index in [9.17, 15) is 0 Å². The summed E-state index contributed by atoms with van der Waals surface area (Å²) < 4.78 is 3.06. The molecule has 0 aliphatic heterocycles. The smallest absolute Gasteiger partial charge is 0.191 e. The molecule has 0 spiro atoms. The third kappa shape index (κ3) is 5.99. The molecule has 0 aliphatic rings. The van der Waals surface area contributed by atoms with Crippen molar-refractivity contribution in [2.24, 2.45) is 4.99 Å². The number of guanidine groups is 1. The Hall–Kier alpha value is -1.60. The number of pyridine rings is 1. The summed E-state index contributed by atoms with van der Waals surface area (Å²) in [5, 5.41) is 6.72. The number of aromatic nitrogens is 2. The van der Waals surface area contributed by atoms with E-state index in [0.717, 1.165) is 41.3 Å². The minimum absolute atomic E-state index is 0.572. The van der Waals surface area contributed by atoms with Crippen LogP contribution in [0.4, 0.5) is 0 Å². The first-order valence-electron chi connectivity index (χ1n) is 9.24. The molecule has 2 aromatic heterocycles. The summed E-state index contributed by atoms with van der Waals surface area (Å²) >= 11 is 3.48. The third-order valence-electron chi connectivity index (χ3n) is 4.34. The zero-order valence-corrected chi connectivity index (χ0v) is 18.0. The fraction of sp³-hybridized carbons (Fsp3) is 0.579. The molecule has 7 heteroatoms. The summed E-state index contributed by atoms with van der Waals surface area (Å²) in [5.41, 5.74) is 1.92. The summed E-state index contributed by atoms with van der Waals surface area (Å²) in [6.45, 7) is 11.6. The van der Waals surface area contributed by atoms with Crippen molar-refractivity contribution in [2.45, 2.75) is 52.7 Å². The SMILES string of the molecule is CN=C(NCCCN(C(C)C)C(C)C)NCc1cn2cc(Br)ccc2n1. The van der Waals surface area contributed by atoms with E-state index >= 15 is 0 Å². The number of hydrogen-bond acceptors (Lipinski definition) is 3. The van der Waals surface area contributed by atoms with Crippen LogP contribution in [0.2, 0.25) is 0 Å². The molecule has 0 radical (unpaired) electrons. The maximum atomic E-state index is 4.61. The highest BCUT2D eigenvalue weighted by molar-refractivity contribution is 9.10. The molecule has 2 rings (SSSR count). The van der Waals surface area contributed by atoms with Gasteiger partial charge in [0.05, 0.1) is 12.2 Å². The van der Waals surface area contributed by atoms with Gasteiger partial charge in [-0.05, 0) is 62.2 Å². The molecule has 6 nitrogen and oxygen atoms in total. The monoisotopic (exact) mass is 422 g/mol. The summed E-state index contributed by atoms with van der Waals surface area (Å²) in [5.74, 6) is 0.809. The molecule has 2 heterocycles. The van der Waals surface area contributed by atoms with Crippen LogP contribution in [0.1, 0.15) is 39.8 Å². The average Bonchev–Trinajstić information content (AvgIpc) is 2.98. The number of nitrogens with zero attached hydrogens (tertiary/aromatic N) is 4. The van der Waals surface area contributed by atoms with E-state index in [1.807, 2.05) is 28.9 Å². The first kappa shape index (κ1) is 20.7. The highest BCUT2D eigenvalue weighted by atomic mass is 79.9. The topological polar surface area (TPSA) is 57.0 Å². The molecule has 0 amide bonds. The van der Waals surface area contributed by atoms with Gasteiger partial charge in [-0.15, -0.1) is 0 Å². The molecule has 26 heavy (non-hydrogen) atoms. The van der Waals surface area contributed by atoms with Crippen molar-refractivity contribution < 1.29 is 0 Å². The zero-order valence-electron chi connectivity index (χ0n) is 16.5. The maximum Gasteiger partial charge on any atom is 0.191 e. The van der Waals surface area contributed by atoms with Gasteiger partial charge >= 0.3 is 0 Å². The number of aliphatic imine (C=N–C) groups is 1. The molecule has 144 valence electrons. The van der Waals surface area contributed by atoms with Crippen LogP contribution in [0.15, 0.2) is 34.0 Å². The highest BCUT2D eigenvalue weighted by Gasteiger charge is 2.12. The quantitative estimate of drug-likeness (QED) is 0.389. The molecule has 2 aromatic rings. The van der Waals surface area contributed by atoms with E-state index in [1.165, 1.54) is 0 Å². The van der Waals surface area contributed by atoms with Crippen LogP contribution in [0.3, 0.4) is 0 Å². The Morgan fingerprint density at radius 2 is 1.92 bits per heavy atom. The fourth-order valence-electron chi connectivity index (χ4n) is 3.08. The van der Waals surface area contributed by atoms with Crippen molar-refractivity contribution in [1.29, 1.82) is 0 Å². The molecule has 0 unspecified atom stereocenters. The average molecular weight is 423 g/mol. The third-order valence-corrected chi connectivity index (χ3v) is 4.81. The first-order chi connectivity index (χ1) is 12.4. The lowest BCUT2D eigenvalue weighted by Gasteiger charge is -2.30. The van der Waals surface area contributed by atoms with E-state index in [1.54, 1.807) is 7.05 Å². The van der Waals surface area contributed by atoms with Gasteiger partial charge in [-0.1, -0.05) is 0 Å². The fourth-order valence-corrected chi connectivity index (χ4v) is 3.43. The van der Waals surface area contributed by atoms with Gasteiger partial charge in [0.15, 0.2) is 5.96 Å². The predicted octanol–water partition coefficient (Wildman–Crippen LogP) is 3.27. The van der Waals surface area contributed by atoms with E-state index in [4.69, 9.17) is 0 Å². The van der Waals surface area contributed by atoms with Crippen LogP contribution in [0.25, 0.3) is 5.65 Å². The number of halogens is 1. The second kappa shape index (κ2) is 9.92. The van der Waals surface area contributed by atoms with Gasteiger partial charge in [0.1, 0.15) is 5.65 Å². The Morgan fingerprint density at radius 3 is 2.58 bits per heavy atom.